The summed E-state index contributed by atoms with van der Waals surface area (Å²) in [5.74, 6) is -0.104. The maximum atomic E-state index is 15.2. The number of benzene rings is 2. The molecule has 0 saturated carbocycles. The molecule has 0 bridgehead atoms. The molecule has 15 heteroatoms. The van der Waals surface area contributed by atoms with Gasteiger partial charge in [-0.1, -0.05) is 6.92 Å². The molecule has 0 amide bonds. The number of piperazine rings is 1. The van der Waals surface area contributed by atoms with Crippen molar-refractivity contribution in [3.8, 4) is 5.75 Å². The molecule has 0 atom stereocenters. The third-order valence-electron chi connectivity index (χ3n) is 9.31. The van der Waals surface area contributed by atoms with E-state index in [2.05, 4.69) is 65.3 Å². The molecular formula is C33H43FN10O3S. The van der Waals surface area contributed by atoms with Gasteiger partial charge in [0.2, 0.25) is 16.0 Å². The molecule has 256 valence electrons. The fraction of sp³-hybridized carbons (Fsp3) is 0.455. The molecule has 4 aromatic rings. The first-order valence-corrected chi connectivity index (χ1v) is 18.0. The maximum Gasteiger partial charge on any atom is 0.232 e. The summed E-state index contributed by atoms with van der Waals surface area (Å²) in [6.07, 6.45) is 8.19. The third kappa shape index (κ3) is 7.08. The second-order valence-corrected chi connectivity index (χ2v) is 14.4. The first-order chi connectivity index (χ1) is 23.0. The third-order valence-corrected chi connectivity index (χ3v) is 10.5. The van der Waals surface area contributed by atoms with E-state index in [1.165, 1.54) is 19.4 Å². The molecule has 2 saturated heterocycles. The Morgan fingerprint density at radius 2 is 1.73 bits per heavy atom. The molecular weight excluding hydrogens is 635 g/mol. The van der Waals surface area contributed by atoms with Gasteiger partial charge < -0.3 is 25.2 Å². The van der Waals surface area contributed by atoms with Gasteiger partial charge in [-0.15, -0.1) is 0 Å². The number of hydrogen-bond donors (Lipinski definition) is 2. The van der Waals surface area contributed by atoms with Gasteiger partial charge in [-0.25, -0.2) is 17.8 Å². The van der Waals surface area contributed by atoms with Crippen LogP contribution >= 0.6 is 0 Å². The fourth-order valence-electron chi connectivity index (χ4n) is 6.49. The van der Waals surface area contributed by atoms with Gasteiger partial charge in [0.1, 0.15) is 17.0 Å². The van der Waals surface area contributed by atoms with E-state index in [9.17, 15) is 8.42 Å². The summed E-state index contributed by atoms with van der Waals surface area (Å²) in [5, 5.41) is 6.18. The Hall–Kier alpha value is -4.34. The Morgan fingerprint density at radius 3 is 2.42 bits per heavy atom. The number of rotatable bonds is 10. The van der Waals surface area contributed by atoms with Crippen molar-refractivity contribution < 1.29 is 17.5 Å². The highest BCUT2D eigenvalue weighted by Crippen LogP contribution is 2.38. The van der Waals surface area contributed by atoms with Crippen molar-refractivity contribution >= 4 is 55.6 Å². The maximum absolute atomic E-state index is 15.2. The van der Waals surface area contributed by atoms with Crippen LogP contribution in [0.1, 0.15) is 25.3 Å². The van der Waals surface area contributed by atoms with Crippen LogP contribution in [0.3, 0.4) is 0 Å². The lowest BCUT2D eigenvalue weighted by atomic mass is 9.99. The monoisotopic (exact) mass is 678 g/mol. The largest absolute Gasteiger partial charge is 0.494 e. The molecule has 2 aromatic heterocycles. The van der Waals surface area contributed by atoms with E-state index in [-0.39, 0.29) is 23.1 Å². The highest BCUT2D eigenvalue weighted by Gasteiger charge is 2.28. The van der Waals surface area contributed by atoms with Crippen LogP contribution in [-0.4, -0.2) is 111 Å². The van der Waals surface area contributed by atoms with Crippen LogP contribution in [0.2, 0.25) is 0 Å². The van der Waals surface area contributed by atoms with Crippen LogP contribution in [-0.2, 0) is 16.4 Å². The van der Waals surface area contributed by atoms with Gasteiger partial charge in [-0.2, -0.15) is 4.98 Å². The van der Waals surface area contributed by atoms with Crippen molar-refractivity contribution in [3.05, 3.63) is 54.2 Å². The predicted octanol–water partition coefficient (Wildman–Crippen LogP) is 4.23. The molecule has 13 nitrogen and oxygen atoms in total. The molecule has 6 rings (SSSR count). The zero-order valence-corrected chi connectivity index (χ0v) is 28.9. The quantitative estimate of drug-likeness (QED) is 0.249. The minimum Gasteiger partial charge on any atom is -0.494 e. The summed E-state index contributed by atoms with van der Waals surface area (Å²) < 4.78 is 47.2. The second-order valence-electron chi connectivity index (χ2n) is 12.3. The lowest BCUT2D eigenvalue weighted by Crippen LogP contribution is -2.52. The van der Waals surface area contributed by atoms with Gasteiger partial charge in [0.25, 0.3) is 0 Å². The first-order valence-electron chi connectivity index (χ1n) is 16.2. The highest BCUT2D eigenvalue weighted by atomic mass is 32.2. The molecule has 2 aliphatic rings. The Labute approximate surface area is 281 Å². The molecule has 4 heterocycles. The molecule has 0 spiro atoms. The zero-order valence-electron chi connectivity index (χ0n) is 28.1. The average molecular weight is 679 g/mol. The van der Waals surface area contributed by atoms with E-state index < -0.39 is 15.8 Å². The Kier molecular flexibility index (Phi) is 9.80. The molecule has 2 fully saturated rings. The minimum atomic E-state index is -3.69. The number of fused-ring (bicyclic) bond motifs is 1. The summed E-state index contributed by atoms with van der Waals surface area (Å²) in [6.45, 7) is 8.60. The fourth-order valence-corrected chi connectivity index (χ4v) is 7.00. The zero-order chi connectivity index (χ0) is 34.0. The van der Waals surface area contributed by atoms with Gasteiger partial charge >= 0.3 is 0 Å². The van der Waals surface area contributed by atoms with Crippen LogP contribution in [0.5, 0.6) is 5.75 Å². The first kappa shape index (κ1) is 33.6. The SMILES string of the molecule is CCc1cc(Nc2ncc(F)c(Nc3ccc4nccnc4c3N(C)S(C)(=O)=O)n2)c(OC)cc1N1CCC(N2CCN(C)CC2)CC1. The van der Waals surface area contributed by atoms with Crippen molar-refractivity contribution in [1.82, 2.24) is 29.7 Å². The van der Waals surface area contributed by atoms with Crippen molar-refractivity contribution in [2.45, 2.75) is 32.2 Å². The Morgan fingerprint density at radius 1 is 1.00 bits per heavy atom. The number of nitrogens with zero attached hydrogens (tertiary/aromatic N) is 8. The van der Waals surface area contributed by atoms with Gasteiger partial charge in [0.05, 0.1) is 36.5 Å². The van der Waals surface area contributed by atoms with E-state index >= 15 is 4.39 Å². The topological polar surface area (TPSA) is 132 Å². The number of aromatic nitrogens is 4. The summed E-state index contributed by atoms with van der Waals surface area (Å²) in [7, 11) is 1.53. The van der Waals surface area contributed by atoms with Gasteiger partial charge in [0, 0.05) is 76.5 Å². The number of hydrogen-bond acceptors (Lipinski definition) is 12. The summed E-state index contributed by atoms with van der Waals surface area (Å²) in [6, 6.07) is 8.01. The second kappa shape index (κ2) is 14.0. The van der Waals surface area contributed by atoms with Crippen molar-refractivity contribution in [2.24, 2.45) is 0 Å². The van der Waals surface area contributed by atoms with Crippen LogP contribution in [0.25, 0.3) is 11.0 Å². The van der Waals surface area contributed by atoms with Crippen LogP contribution < -0.4 is 24.6 Å². The number of methoxy groups -OCH3 is 1. The van der Waals surface area contributed by atoms with Gasteiger partial charge in [-0.05, 0) is 50.1 Å². The van der Waals surface area contributed by atoms with Gasteiger partial charge in [0.15, 0.2) is 11.6 Å². The van der Waals surface area contributed by atoms with Crippen LogP contribution in [0.15, 0.2) is 42.9 Å². The van der Waals surface area contributed by atoms with Crippen LogP contribution in [0, 0.1) is 5.82 Å². The Bertz CT molecular complexity index is 1880. The van der Waals surface area contributed by atoms with E-state index in [0.29, 0.717) is 28.5 Å². The Balaban J connectivity index is 1.24. The van der Waals surface area contributed by atoms with Crippen molar-refractivity contribution in [2.75, 3.05) is 86.6 Å². The van der Waals surface area contributed by atoms with Crippen molar-refractivity contribution in [3.63, 3.8) is 0 Å². The minimum absolute atomic E-state index is 0.138. The van der Waals surface area contributed by atoms with E-state index in [0.717, 1.165) is 86.5 Å². The molecule has 48 heavy (non-hydrogen) atoms. The number of piperidine rings is 1. The smallest absolute Gasteiger partial charge is 0.232 e. The number of halogens is 1. The number of likely N-dealkylation sites (N-methyl/N-ethyl adjacent to an activating group) is 1. The van der Waals surface area contributed by atoms with Crippen molar-refractivity contribution in [1.29, 1.82) is 0 Å². The number of nitrogens with one attached hydrogen (secondary N) is 2. The standard InChI is InChI=1S/C33H43FN10O3S/c1-6-22-19-27(29(47-4)20-28(22)44-13-9-23(10-14-44)43-17-15-41(2)16-18-43)39-33-37-21-24(34)32(40-33)38-26-8-7-25-30(36-12-11-35-25)31(26)42(3)48(5,45)46/h7-8,11-12,19-21,23H,6,9-10,13-18H2,1-5H3,(H2,37,38,39,40). The van der Waals surface area contributed by atoms with Gasteiger partial charge in [-0.3, -0.25) is 19.2 Å². The number of sulfonamides is 1. The molecule has 0 radical (unpaired) electrons. The summed E-state index contributed by atoms with van der Waals surface area (Å²) in [5.41, 5.74) is 4.29. The average Bonchev–Trinajstić information content (AvgIpc) is 3.09. The van der Waals surface area contributed by atoms with E-state index in [1.54, 1.807) is 19.2 Å². The number of ether oxygens (including phenoxy) is 1. The number of anilines is 6. The number of aryl methyl sites for hydroxylation is 1. The summed E-state index contributed by atoms with van der Waals surface area (Å²) in [4.78, 5) is 24.7. The molecule has 0 unspecified atom stereocenters. The predicted molar refractivity (Wildman–Crippen MR) is 188 cm³/mol. The van der Waals surface area contributed by atoms with E-state index in [1.807, 2.05) is 6.07 Å². The molecule has 2 aromatic carbocycles. The molecule has 0 aliphatic carbocycles. The van der Waals surface area contributed by atoms with Crippen LogP contribution in [0.4, 0.5) is 38.9 Å². The summed E-state index contributed by atoms with van der Waals surface area (Å²) >= 11 is 0. The molecule has 2 aliphatic heterocycles. The highest BCUT2D eigenvalue weighted by molar-refractivity contribution is 7.92. The normalized spacial score (nSPS) is 16.7. The lowest BCUT2D eigenvalue weighted by molar-refractivity contribution is 0.0982. The van der Waals surface area contributed by atoms with E-state index in [4.69, 9.17) is 4.74 Å². The lowest BCUT2D eigenvalue weighted by Gasteiger charge is -2.43. The molecule has 2 N–H and O–H groups in total.